The number of hydrogen-bond donors (Lipinski definition) is 3. The number of hydrogen-bond acceptors (Lipinski definition) is 4. The fraction of sp³-hybridized carbons (Fsp3) is 1.00. The van der Waals surface area contributed by atoms with Gasteiger partial charge >= 0.3 is 0 Å². The lowest BCUT2D eigenvalue weighted by molar-refractivity contribution is 0.394. The average Bonchev–Trinajstić information content (AvgIpc) is 2.04. The van der Waals surface area contributed by atoms with E-state index in [1.54, 1.807) is 0 Å². The maximum atomic E-state index is 10.4. The maximum absolute atomic E-state index is 10.4. The smallest absolute Gasteiger partial charge is 0.264 e. The van der Waals surface area contributed by atoms with Crippen molar-refractivity contribution >= 4 is 10.1 Å². The fourth-order valence-corrected chi connectivity index (χ4v) is 1.96. The molecule has 0 radical (unpaired) electrons. The molecule has 0 spiro atoms. The molecule has 1 heterocycles. The summed E-state index contributed by atoms with van der Waals surface area (Å²) in [4.78, 5) is 0. The minimum absolute atomic E-state index is 0.134. The topological polar surface area (TPSA) is 78.4 Å². The SMILES string of the molecule is O=S(=O)(O)CCCC1CNCCN1. The summed E-state index contributed by atoms with van der Waals surface area (Å²) >= 11 is 0. The summed E-state index contributed by atoms with van der Waals surface area (Å²) in [6.07, 6.45) is 1.30. The molecule has 0 aliphatic carbocycles. The van der Waals surface area contributed by atoms with Gasteiger partial charge in [0, 0.05) is 25.7 Å². The third-order valence-electron chi connectivity index (χ3n) is 2.08. The molecule has 1 atom stereocenters. The second-order valence-corrected chi connectivity index (χ2v) is 4.86. The maximum Gasteiger partial charge on any atom is 0.264 e. The van der Waals surface area contributed by atoms with Gasteiger partial charge in [0.15, 0.2) is 0 Å². The van der Waals surface area contributed by atoms with E-state index in [2.05, 4.69) is 10.6 Å². The Bertz CT molecular complexity index is 234. The highest BCUT2D eigenvalue weighted by atomic mass is 32.2. The van der Waals surface area contributed by atoms with Crippen molar-refractivity contribution in [3.8, 4) is 0 Å². The quantitative estimate of drug-likeness (QED) is 0.528. The van der Waals surface area contributed by atoms with E-state index in [0.717, 1.165) is 26.1 Å². The molecule has 5 nitrogen and oxygen atoms in total. The Hall–Kier alpha value is -0.170. The molecule has 1 rings (SSSR count). The highest BCUT2D eigenvalue weighted by molar-refractivity contribution is 7.85. The summed E-state index contributed by atoms with van der Waals surface area (Å²) in [5.41, 5.74) is 0. The lowest BCUT2D eigenvalue weighted by Gasteiger charge is -2.24. The fourth-order valence-electron chi connectivity index (χ4n) is 1.43. The zero-order chi connectivity index (χ0) is 9.73. The lowest BCUT2D eigenvalue weighted by Crippen LogP contribution is -2.48. The molecule has 0 aromatic rings. The Morgan fingerprint density at radius 1 is 1.38 bits per heavy atom. The van der Waals surface area contributed by atoms with Crippen LogP contribution in [0.4, 0.5) is 0 Å². The largest absolute Gasteiger partial charge is 0.314 e. The number of nitrogens with one attached hydrogen (secondary N) is 2. The molecule has 0 aromatic heterocycles. The van der Waals surface area contributed by atoms with Crippen LogP contribution in [0.25, 0.3) is 0 Å². The number of rotatable bonds is 4. The van der Waals surface area contributed by atoms with Gasteiger partial charge in [-0.2, -0.15) is 8.42 Å². The van der Waals surface area contributed by atoms with Crippen LogP contribution in [-0.4, -0.2) is 44.4 Å². The van der Waals surface area contributed by atoms with Crippen molar-refractivity contribution in [3.63, 3.8) is 0 Å². The normalized spacial score (nSPS) is 24.5. The van der Waals surface area contributed by atoms with Crippen LogP contribution in [0.15, 0.2) is 0 Å². The molecule has 0 saturated carbocycles. The predicted octanol–water partition coefficient (Wildman–Crippen LogP) is -0.784. The van der Waals surface area contributed by atoms with E-state index >= 15 is 0 Å². The Morgan fingerprint density at radius 3 is 2.69 bits per heavy atom. The van der Waals surface area contributed by atoms with Gasteiger partial charge in [0.25, 0.3) is 10.1 Å². The van der Waals surface area contributed by atoms with Crippen molar-refractivity contribution in [2.75, 3.05) is 25.4 Å². The van der Waals surface area contributed by atoms with Crippen molar-refractivity contribution in [1.29, 1.82) is 0 Å². The zero-order valence-corrected chi connectivity index (χ0v) is 8.31. The van der Waals surface area contributed by atoms with E-state index in [-0.39, 0.29) is 5.75 Å². The molecule has 1 fully saturated rings. The van der Waals surface area contributed by atoms with Gasteiger partial charge in [-0.1, -0.05) is 0 Å². The molecular formula is C7H16N2O3S. The van der Waals surface area contributed by atoms with E-state index < -0.39 is 10.1 Å². The molecule has 0 amide bonds. The lowest BCUT2D eigenvalue weighted by atomic mass is 10.1. The van der Waals surface area contributed by atoms with Crippen molar-refractivity contribution in [2.45, 2.75) is 18.9 Å². The van der Waals surface area contributed by atoms with Crippen molar-refractivity contribution in [3.05, 3.63) is 0 Å². The first-order chi connectivity index (χ1) is 6.08. The highest BCUT2D eigenvalue weighted by Crippen LogP contribution is 2.00. The van der Waals surface area contributed by atoms with Gasteiger partial charge < -0.3 is 10.6 Å². The van der Waals surface area contributed by atoms with Crippen molar-refractivity contribution in [1.82, 2.24) is 10.6 Å². The number of piperazine rings is 1. The summed E-state index contributed by atoms with van der Waals surface area (Å²) in [5.74, 6) is -0.134. The molecule has 1 unspecified atom stereocenters. The summed E-state index contributed by atoms with van der Waals surface area (Å²) in [6, 6.07) is 0.343. The van der Waals surface area contributed by atoms with E-state index in [9.17, 15) is 8.42 Å². The van der Waals surface area contributed by atoms with Gasteiger partial charge in [0.05, 0.1) is 5.75 Å². The van der Waals surface area contributed by atoms with Gasteiger partial charge in [-0.05, 0) is 12.8 Å². The average molecular weight is 208 g/mol. The highest BCUT2D eigenvalue weighted by Gasteiger charge is 2.12. The minimum atomic E-state index is -3.77. The van der Waals surface area contributed by atoms with Crippen molar-refractivity contribution in [2.24, 2.45) is 0 Å². The molecule has 0 aromatic carbocycles. The van der Waals surface area contributed by atoms with Crippen LogP contribution in [0.1, 0.15) is 12.8 Å². The minimum Gasteiger partial charge on any atom is -0.314 e. The molecule has 6 heteroatoms. The standard InChI is InChI=1S/C7H16N2O3S/c10-13(11,12)5-1-2-7-6-8-3-4-9-7/h7-9H,1-6H2,(H,10,11,12). The Morgan fingerprint density at radius 2 is 2.15 bits per heavy atom. The zero-order valence-electron chi connectivity index (χ0n) is 7.49. The monoisotopic (exact) mass is 208 g/mol. The van der Waals surface area contributed by atoms with Crippen LogP contribution in [0.3, 0.4) is 0 Å². The third kappa shape index (κ3) is 5.20. The molecule has 1 saturated heterocycles. The second-order valence-electron chi connectivity index (χ2n) is 3.28. The molecule has 3 N–H and O–H groups in total. The van der Waals surface area contributed by atoms with E-state index in [4.69, 9.17) is 4.55 Å². The van der Waals surface area contributed by atoms with Crippen LogP contribution in [0.2, 0.25) is 0 Å². The third-order valence-corrected chi connectivity index (χ3v) is 2.88. The summed E-state index contributed by atoms with van der Waals surface area (Å²) < 4.78 is 29.3. The van der Waals surface area contributed by atoms with Crippen LogP contribution < -0.4 is 10.6 Å². The first-order valence-corrected chi connectivity index (χ1v) is 6.08. The molecule has 1 aliphatic heterocycles. The van der Waals surface area contributed by atoms with Crippen LogP contribution in [0.5, 0.6) is 0 Å². The van der Waals surface area contributed by atoms with E-state index in [1.165, 1.54) is 0 Å². The van der Waals surface area contributed by atoms with Gasteiger partial charge in [-0.15, -0.1) is 0 Å². The summed E-state index contributed by atoms with van der Waals surface area (Å²) in [6.45, 7) is 2.77. The van der Waals surface area contributed by atoms with Crippen LogP contribution in [-0.2, 0) is 10.1 Å². The van der Waals surface area contributed by atoms with E-state index in [1.807, 2.05) is 0 Å². The molecular weight excluding hydrogens is 192 g/mol. The molecule has 13 heavy (non-hydrogen) atoms. The second kappa shape index (κ2) is 4.90. The van der Waals surface area contributed by atoms with Gasteiger partial charge in [-0.3, -0.25) is 4.55 Å². The Kier molecular flexibility index (Phi) is 4.11. The molecule has 0 bridgehead atoms. The predicted molar refractivity (Wildman–Crippen MR) is 50.3 cm³/mol. The van der Waals surface area contributed by atoms with Gasteiger partial charge in [0.1, 0.15) is 0 Å². The van der Waals surface area contributed by atoms with Crippen LogP contribution in [0, 0.1) is 0 Å². The van der Waals surface area contributed by atoms with Gasteiger partial charge in [0.2, 0.25) is 0 Å². The Labute approximate surface area is 78.7 Å². The first-order valence-electron chi connectivity index (χ1n) is 4.47. The van der Waals surface area contributed by atoms with Gasteiger partial charge in [-0.25, -0.2) is 0 Å². The Balaban J connectivity index is 2.11. The molecule has 1 aliphatic rings. The summed E-state index contributed by atoms with van der Waals surface area (Å²) in [7, 11) is -3.77. The summed E-state index contributed by atoms with van der Waals surface area (Å²) in [5, 5.41) is 6.47. The van der Waals surface area contributed by atoms with Crippen LogP contribution >= 0.6 is 0 Å². The first kappa shape index (κ1) is 10.9. The molecule has 78 valence electrons. The van der Waals surface area contributed by atoms with Crippen molar-refractivity contribution < 1.29 is 13.0 Å². The van der Waals surface area contributed by atoms with E-state index in [0.29, 0.717) is 12.5 Å².